The van der Waals surface area contributed by atoms with Crippen LogP contribution in [-0.4, -0.2) is 34.5 Å². The summed E-state index contributed by atoms with van der Waals surface area (Å²) < 4.78 is 12.1. The Morgan fingerprint density at radius 2 is 1.94 bits per heavy atom. The molecule has 0 aliphatic rings. The number of aromatic hydroxyl groups is 1. The minimum Gasteiger partial charge on any atom is -0.507 e. The van der Waals surface area contributed by atoms with Crippen LogP contribution in [0.15, 0.2) is 82.4 Å². The lowest BCUT2D eigenvalue weighted by molar-refractivity contribution is 0.0950. The third-order valence-electron chi connectivity index (χ3n) is 4.88. The Bertz CT molecular complexity index is 1320. The van der Waals surface area contributed by atoms with E-state index in [1.165, 1.54) is 12.3 Å². The molecule has 0 radical (unpaired) electrons. The number of halogens is 1. The summed E-state index contributed by atoms with van der Waals surface area (Å²) in [5, 5.41) is 20.7. The molecule has 0 bridgehead atoms. The summed E-state index contributed by atoms with van der Waals surface area (Å²) in [6, 6.07) is 21.8. The minimum absolute atomic E-state index is 0.0511. The van der Waals surface area contributed by atoms with E-state index in [2.05, 4.69) is 36.7 Å². The Morgan fingerprint density at radius 1 is 1.12 bits per heavy atom. The van der Waals surface area contributed by atoms with Crippen LogP contribution in [0, 0.1) is 0 Å². The fourth-order valence-electron chi connectivity index (χ4n) is 3.12. The van der Waals surface area contributed by atoms with Gasteiger partial charge in [0.1, 0.15) is 18.1 Å². The summed E-state index contributed by atoms with van der Waals surface area (Å²) >= 11 is 3.32. The van der Waals surface area contributed by atoms with E-state index in [9.17, 15) is 9.90 Å². The van der Waals surface area contributed by atoms with Crippen LogP contribution in [0.25, 0.3) is 11.3 Å². The van der Waals surface area contributed by atoms with Crippen molar-refractivity contribution in [3.05, 3.63) is 94.1 Å². The van der Waals surface area contributed by atoms with Crippen molar-refractivity contribution >= 4 is 28.1 Å². The zero-order valence-corrected chi connectivity index (χ0v) is 19.7. The molecule has 4 rings (SSSR count). The summed E-state index contributed by atoms with van der Waals surface area (Å²) in [5.41, 5.74) is 5.47. The van der Waals surface area contributed by atoms with Gasteiger partial charge in [-0.15, -0.1) is 0 Å². The first-order chi connectivity index (χ1) is 16.5. The molecule has 0 unspecified atom stereocenters. The van der Waals surface area contributed by atoms with Gasteiger partial charge in [0.05, 0.1) is 19.0 Å². The van der Waals surface area contributed by atoms with Gasteiger partial charge >= 0.3 is 0 Å². The number of aromatic amines is 1. The van der Waals surface area contributed by atoms with Crippen LogP contribution in [0.1, 0.15) is 21.6 Å². The number of benzene rings is 3. The largest absolute Gasteiger partial charge is 0.507 e. The number of nitrogens with one attached hydrogen (secondary N) is 2. The number of ether oxygens (including phenoxy) is 2. The van der Waals surface area contributed by atoms with E-state index in [-0.39, 0.29) is 11.4 Å². The summed E-state index contributed by atoms with van der Waals surface area (Å²) in [6.45, 7) is 0.418. The molecule has 1 heterocycles. The number of H-pyrrole nitrogens is 1. The lowest BCUT2D eigenvalue weighted by atomic mass is 10.1. The van der Waals surface area contributed by atoms with Gasteiger partial charge in [0.2, 0.25) is 0 Å². The average molecular weight is 521 g/mol. The highest BCUT2D eigenvalue weighted by molar-refractivity contribution is 9.10. The molecule has 0 saturated heterocycles. The highest BCUT2D eigenvalue weighted by Gasteiger charge is 2.13. The van der Waals surface area contributed by atoms with E-state index >= 15 is 0 Å². The molecule has 1 amide bonds. The van der Waals surface area contributed by atoms with Crippen LogP contribution in [0.5, 0.6) is 17.2 Å². The molecule has 0 aliphatic heterocycles. The number of carbonyl (C=O) groups is 1. The molecule has 3 aromatic carbocycles. The molecule has 9 heteroatoms. The van der Waals surface area contributed by atoms with Crippen molar-refractivity contribution in [3.63, 3.8) is 0 Å². The summed E-state index contributed by atoms with van der Waals surface area (Å²) in [6.07, 6.45) is 1.36. The smallest absolute Gasteiger partial charge is 0.289 e. The molecule has 0 aliphatic carbocycles. The number of carbonyl (C=O) groups excluding carboxylic acids is 1. The molecule has 172 valence electrons. The van der Waals surface area contributed by atoms with Gasteiger partial charge in [-0.2, -0.15) is 10.2 Å². The molecule has 8 nitrogen and oxygen atoms in total. The van der Waals surface area contributed by atoms with E-state index in [1.807, 2.05) is 36.4 Å². The number of nitrogens with zero attached hydrogens (tertiary/aromatic N) is 2. The number of rotatable bonds is 8. The fraction of sp³-hybridized carbons (Fsp3) is 0.0800. The van der Waals surface area contributed by atoms with Gasteiger partial charge in [0.25, 0.3) is 5.91 Å². The predicted octanol–water partition coefficient (Wildman–Crippen LogP) is 4.90. The Morgan fingerprint density at radius 3 is 2.74 bits per heavy atom. The highest BCUT2D eigenvalue weighted by atomic mass is 79.9. The summed E-state index contributed by atoms with van der Waals surface area (Å²) in [4.78, 5) is 12.4. The maximum Gasteiger partial charge on any atom is 0.289 e. The molecule has 0 spiro atoms. The predicted molar refractivity (Wildman–Crippen MR) is 132 cm³/mol. The van der Waals surface area contributed by atoms with Crippen molar-refractivity contribution < 1.29 is 19.4 Å². The number of hydrogen-bond acceptors (Lipinski definition) is 6. The van der Waals surface area contributed by atoms with Crippen LogP contribution in [0.2, 0.25) is 0 Å². The van der Waals surface area contributed by atoms with Crippen LogP contribution < -0.4 is 14.9 Å². The van der Waals surface area contributed by atoms with E-state index in [0.29, 0.717) is 29.4 Å². The van der Waals surface area contributed by atoms with Gasteiger partial charge in [-0.05, 0) is 48.0 Å². The molecule has 4 aromatic rings. The number of methoxy groups -OCH3 is 1. The molecule has 0 saturated carbocycles. The molecular formula is C25H21BrN4O4. The lowest BCUT2D eigenvalue weighted by Crippen LogP contribution is -2.18. The maximum absolute atomic E-state index is 12.4. The first-order valence-corrected chi connectivity index (χ1v) is 11.1. The summed E-state index contributed by atoms with van der Waals surface area (Å²) in [5.74, 6) is 0.740. The molecule has 34 heavy (non-hydrogen) atoms. The standard InChI is InChI=1S/C25H21BrN4O4/c1-33-24-12-17(7-10-23(24)34-15-16-5-3-2-4-6-16)20-13-21(29-28-20)25(32)30-27-14-18-11-19(26)8-9-22(18)31/h2-14,31H,15H2,1H3,(H,28,29)(H,30,32)/b27-14+. The van der Waals surface area contributed by atoms with Gasteiger partial charge in [-0.25, -0.2) is 5.43 Å². The van der Waals surface area contributed by atoms with Crippen molar-refractivity contribution in [1.29, 1.82) is 0 Å². The van der Waals surface area contributed by atoms with E-state index < -0.39 is 5.91 Å². The second kappa shape index (κ2) is 10.7. The minimum atomic E-state index is -0.473. The van der Waals surface area contributed by atoms with Crippen molar-refractivity contribution in [2.75, 3.05) is 7.11 Å². The van der Waals surface area contributed by atoms with E-state index in [1.54, 1.807) is 37.4 Å². The number of phenols is 1. The van der Waals surface area contributed by atoms with E-state index in [0.717, 1.165) is 15.6 Å². The Balaban J connectivity index is 1.43. The van der Waals surface area contributed by atoms with Crippen LogP contribution in [0.4, 0.5) is 0 Å². The van der Waals surface area contributed by atoms with Gasteiger partial charge in [-0.1, -0.05) is 46.3 Å². The normalized spacial score (nSPS) is 10.9. The van der Waals surface area contributed by atoms with E-state index in [4.69, 9.17) is 9.47 Å². The van der Waals surface area contributed by atoms with Crippen LogP contribution >= 0.6 is 15.9 Å². The zero-order chi connectivity index (χ0) is 23.9. The summed E-state index contributed by atoms with van der Waals surface area (Å²) in [7, 11) is 1.57. The molecular weight excluding hydrogens is 500 g/mol. The highest BCUT2D eigenvalue weighted by Crippen LogP contribution is 2.32. The van der Waals surface area contributed by atoms with Gasteiger partial charge in [0.15, 0.2) is 11.5 Å². The van der Waals surface area contributed by atoms with Crippen molar-refractivity contribution in [2.45, 2.75) is 6.61 Å². The van der Waals surface area contributed by atoms with Gasteiger partial charge < -0.3 is 14.6 Å². The lowest BCUT2D eigenvalue weighted by Gasteiger charge is -2.11. The fourth-order valence-corrected chi connectivity index (χ4v) is 3.50. The van der Waals surface area contributed by atoms with Crippen LogP contribution in [-0.2, 0) is 6.61 Å². The van der Waals surface area contributed by atoms with Crippen LogP contribution in [0.3, 0.4) is 0 Å². The second-order valence-electron chi connectivity index (χ2n) is 7.21. The third kappa shape index (κ3) is 5.62. The Kier molecular flexibility index (Phi) is 7.24. The Labute approximate surface area is 204 Å². The topological polar surface area (TPSA) is 109 Å². The van der Waals surface area contributed by atoms with Crippen molar-refractivity contribution in [1.82, 2.24) is 15.6 Å². The van der Waals surface area contributed by atoms with Gasteiger partial charge in [0, 0.05) is 15.6 Å². The Hall–Kier alpha value is -4.11. The maximum atomic E-state index is 12.4. The zero-order valence-electron chi connectivity index (χ0n) is 18.2. The molecule has 0 atom stereocenters. The number of hydrazone groups is 1. The number of amides is 1. The number of aromatic nitrogens is 2. The molecule has 1 aromatic heterocycles. The van der Waals surface area contributed by atoms with Gasteiger partial charge in [-0.3, -0.25) is 9.89 Å². The molecule has 3 N–H and O–H groups in total. The first-order valence-electron chi connectivity index (χ1n) is 10.3. The second-order valence-corrected chi connectivity index (χ2v) is 8.12. The first kappa shape index (κ1) is 23.1. The average Bonchev–Trinajstić information content (AvgIpc) is 3.36. The number of hydrogen-bond donors (Lipinski definition) is 3. The quantitative estimate of drug-likeness (QED) is 0.226. The third-order valence-corrected chi connectivity index (χ3v) is 5.37. The SMILES string of the molecule is COc1cc(-c2cc(C(=O)N/N=C/c3cc(Br)ccc3O)[nH]n2)ccc1OCc1ccccc1. The van der Waals surface area contributed by atoms with Crippen molar-refractivity contribution in [3.8, 4) is 28.5 Å². The number of phenolic OH excluding ortho intramolecular Hbond substituents is 1. The van der Waals surface area contributed by atoms with Crippen molar-refractivity contribution in [2.24, 2.45) is 5.10 Å². The molecule has 0 fully saturated rings. The monoisotopic (exact) mass is 520 g/mol.